The van der Waals surface area contributed by atoms with E-state index in [4.69, 9.17) is 10.5 Å². The van der Waals surface area contributed by atoms with Gasteiger partial charge in [0.1, 0.15) is 5.75 Å². The van der Waals surface area contributed by atoms with Gasteiger partial charge in [0.15, 0.2) is 5.96 Å². The highest BCUT2D eigenvalue weighted by molar-refractivity contribution is 14.0. The molecule has 0 aliphatic carbocycles. The van der Waals surface area contributed by atoms with Gasteiger partial charge in [-0.3, -0.25) is 4.99 Å². The van der Waals surface area contributed by atoms with Crippen LogP contribution < -0.4 is 15.8 Å². The predicted octanol–water partition coefficient (Wildman–Crippen LogP) is 3.30. The SMILES string of the molecule is CC(C)Oc1ccc(NC(N)=NCCCN2CCCC2)cc1.I. The predicted molar refractivity (Wildman–Crippen MR) is 108 cm³/mol. The zero-order chi connectivity index (χ0) is 15.8. The van der Waals surface area contributed by atoms with Crippen molar-refractivity contribution in [2.75, 3.05) is 31.5 Å². The molecule has 0 radical (unpaired) electrons. The van der Waals surface area contributed by atoms with E-state index in [-0.39, 0.29) is 30.1 Å². The maximum atomic E-state index is 5.91. The van der Waals surface area contributed by atoms with E-state index in [1.54, 1.807) is 0 Å². The Kier molecular flexibility index (Phi) is 9.31. The minimum atomic E-state index is 0. The van der Waals surface area contributed by atoms with Gasteiger partial charge >= 0.3 is 0 Å². The van der Waals surface area contributed by atoms with E-state index >= 15 is 0 Å². The molecule has 1 fully saturated rings. The first kappa shape index (κ1) is 20.0. The minimum absolute atomic E-state index is 0. The molecular formula is C17H29IN4O. The van der Waals surface area contributed by atoms with Crippen molar-refractivity contribution in [2.24, 2.45) is 10.7 Å². The van der Waals surface area contributed by atoms with E-state index in [9.17, 15) is 0 Å². The second-order valence-corrected chi connectivity index (χ2v) is 5.99. The molecular weight excluding hydrogens is 403 g/mol. The van der Waals surface area contributed by atoms with Crippen LogP contribution in [0.2, 0.25) is 0 Å². The molecule has 2 rings (SSSR count). The lowest BCUT2D eigenvalue weighted by Gasteiger charge is -2.13. The maximum Gasteiger partial charge on any atom is 0.193 e. The number of ether oxygens (including phenoxy) is 1. The van der Waals surface area contributed by atoms with Crippen LogP contribution in [0.3, 0.4) is 0 Å². The van der Waals surface area contributed by atoms with Gasteiger partial charge < -0.3 is 20.7 Å². The first-order valence-corrected chi connectivity index (χ1v) is 8.19. The molecule has 130 valence electrons. The molecule has 1 aliphatic heterocycles. The van der Waals surface area contributed by atoms with Gasteiger partial charge in [0, 0.05) is 12.2 Å². The molecule has 5 nitrogen and oxygen atoms in total. The van der Waals surface area contributed by atoms with E-state index in [0.29, 0.717) is 5.96 Å². The number of anilines is 1. The van der Waals surface area contributed by atoms with Crippen molar-refractivity contribution in [3.8, 4) is 5.75 Å². The van der Waals surface area contributed by atoms with Crippen LogP contribution in [0.5, 0.6) is 5.75 Å². The zero-order valence-corrected chi connectivity index (χ0v) is 16.5. The van der Waals surface area contributed by atoms with Crippen LogP contribution >= 0.6 is 24.0 Å². The Morgan fingerprint density at radius 3 is 2.52 bits per heavy atom. The Bertz CT molecular complexity index is 470. The van der Waals surface area contributed by atoms with Gasteiger partial charge in [-0.25, -0.2) is 0 Å². The standard InChI is InChI=1S/C17H28N4O.HI/c1-14(2)22-16-8-6-15(7-9-16)20-17(18)19-10-5-13-21-11-3-4-12-21;/h6-9,14H,3-5,10-13H2,1-2H3,(H3,18,19,20);1H. The van der Waals surface area contributed by atoms with Gasteiger partial charge in [0.2, 0.25) is 0 Å². The summed E-state index contributed by atoms with van der Waals surface area (Å²) in [5, 5.41) is 3.11. The van der Waals surface area contributed by atoms with Crippen LogP contribution in [0.4, 0.5) is 5.69 Å². The number of guanidine groups is 1. The van der Waals surface area contributed by atoms with Crippen LogP contribution in [-0.2, 0) is 0 Å². The van der Waals surface area contributed by atoms with Gasteiger partial charge in [0.25, 0.3) is 0 Å². The average molecular weight is 432 g/mol. The van der Waals surface area contributed by atoms with E-state index in [1.807, 2.05) is 38.1 Å². The molecule has 1 heterocycles. The number of benzene rings is 1. The van der Waals surface area contributed by atoms with Crippen molar-refractivity contribution in [1.29, 1.82) is 0 Å². The van der Waals surface area contributed by atoms with Crippen molar-refractivity contribution < 1.29 is 4.74 Å². The first-order valence-electron chi connectivity index (χ1n) is 8.19. The summed E-state index contributed by atoms with van der Waals surface area (Å²) in [6.45, 7) is 8.39. The Morgan fingerprint density at radius 1 is 1.26 bits per heavy atom. The highest BCUT2D eigenvalue weighted by Crippen LogP contribution is 2.16. The van der Waals surface area contributed by atoms with Crippen molar-refractivity contribution >= 4 is 35.6 Å². The summed E-state index contributed by atoms with van der Waals surface area (Å²) in [4.78, 5) is 6.87. The van der Waals surface area contributed by atoms with Crippen molar-refractivity contribution in [2.45, 2.75) is 39.2 Å². The average Bonchev–Trinajstić information content (AvgIpc) is 2.98. The van der Waals surface area contributed by atoms with Crippen molar-refractivity contribution in [1.82, 2.24) is 4.90 Å². The molecule has 0 unspecified atom stereocenters. The minimum Gasteiger partial charge on any atom is -0.491 e. The third-order valence-corrected chi connectivity index (χ3v) is 3.61. The third kappa shape index (κ3) is 7.87. The molecule has 0 amide bonds. The number of rotatable bonds is 7. The van der Waals surface area contributed by atoms with Crippen LogP contribution in [-0.4, -0.2) is 43.1 Å². The highest BCUT2D eigenvalue weighted by Gasteiger charge is 2.09. The maximum absolute atomic E-state index is 5.91. The number of nitrogens with zero attached hydrogens (tertiary/aromatic N) is 2. The van der Waals surface area contributed by atoms with Gasteiger partial charge in [-0.15, -0.1) is 24.0 Å². The molecule has 6 heteroatoms. The molecule has 23 heavy (non-hydrogen) atoms. The molecule has 0 atom stereocenters. The number of hydrogen-bond donors (Lipinski definition) is 2. The van der Waals surface area contributed by atoms with E-state index < -0.39 is 0 Å². The first-order chi connectivity index (χ1) is 10.6. The fourth-order valence-corrected chi connectivity index (χ4v) is 2.58. The summed E-state index contributed by atoms with van der Waals surface area (Å²) in [6, 6.07) is 7.76. The fourth-order valence-electron chi connectivity index (χ4n) is 2.58. The normalized spacial score (nSPS) is 15.5. The molecule has 0 bridgehead atoms. The fraction of sp³-hybridized carbons (Fsp3) is 0.588. The quantitative estimate of drug-likeness (QED) is 0.301. The third-order valence-electron chi connectivity index (χ3n) is 3.61. The molecule has 1 saturated heterocycles. The summed E-state index contributed by atoms with van der Waals surface area (Å²) in [7, 11) is 0. The van der Waals surface area contributed by atoms with Crippen LogP contribution in [0.1, 0.15) is 33.1 Å². The summed E-state index contributed by atoms with van der Waals surface area (Å²) < 4.78 is 5.61. The van der Waals surface area contributed by atoms with Gasteiger partial charge in [-0.05, 0) is 77.0 Å². The summed E-state index contributed by atoms with van der Waals surface area (Å²) >= 11 is 0. The number of likely N-dealkylation sites (tertiary alicyclic amines) is 1. The summed E-state index contributed by atoms with van der Waals surface area (Å²) in [5.74, 6) is 1.33. The number of nitrogens with two attached hydrogens (primary N) is 1. The lowest BCUT2D eigenvalue weighted by molar-refractivity contribution is 0.242. The topological polar surface area (TPSA) is 62.9 Å². The molecule has 0 spiro atoms. The van der Waals surface area contributed by atoms with Crippen LogP contribution in [0.25, 0.3) is 0 Å². The Morgan fingerprint density at radius 2 is 1.91 bits per heavy atom. The van der Waals surface area contributed by atoms with E-state index in [0.717, 1.165) is 30.9 Å². The van der Waals surface area contributed by atoms with Crippen LogP contribution in [0, 0.1) is 0 Å². The molecule has 1 aromatic rings. The van der Waals surface area contributed by atoms with Gasteiger partial charge in [-0.1, -0.05) is 0 Å². The molecule has 3 N–H and O–H groups in total. The number of halogens is 1. The Balaban J connectivity index is 0.00000264. The molecule has 0 saturated carbocycles. The lowest BCUT2D eigenvalue weighted by atomic mass is 10.3. The zero-order valence-electron chi connectivity index (χ0n) is 14.1. The summed E-state index contributed by atoms with van der Waals surface area (Å²) in [5.41, 5.74) is 6.84. The van der Waals surface area contributed by atoms with Gasteiger partial charge in [0.05, 0.1) is 6.10 Å². The van der Waals surface area contributed by atoms with E-state index in [2.05, 4.69) is 15.2 Å². The summed E-state index contributed by atoms with van der Waals surface area (Å²) in [6.07, 6.45) is 3.91. The second-order valence-electron chi connectivity index (χ2n) is 5.99. The molecule has 1 aliphatic rings. The number of aliphatic imine (C=N–C) groups is 1. The van der Waals surface area contributed by atoms with E-state index in [1.165, 1.54) is 25.9 Å². The molecule has 1 aromatic carbocycles. The Labute approximate surface area is 156 Å². The highest BCUT2D eigenvalue weighted by atomic mass is 127. The largest absolute Gasteiger partial charge is 0.491 e. The second kappa shape index (κ2) is 10.7. The Hall–Kier alpha value is -1.02. The lowest BCUT2D eigenvalue weighted by Crippen LogP contribution is -2.24. The monoisotopic (exact) mass is 432 g/mol. The smallest absolute Gasteiger partial charge is 0.193 e. The van der Waals surface area contributed by atoms with Gasteiger partial charge in [-0.2, -0.15) is 0 Å². The van der Waals surface area contributed by atoms with Crippen molar-refractivity contribution in [3.05, 3.63) is 24.3 Å². The van der Waals surface area contributed by atoms with Crippen molar-refractivity contribution in [3.63, 3.8) is 0 Å². The number of hydrogen-bond acceptors (Lipinski definition) is 3. The molecule has 0 aromatic heterocycles. The number of nitrogens with one attached hydrogen (secondary N) is 1. The van der Waals surface area contributed by atoms with Crippen LogP contribution in [0.15, 0.2) is 29.3 Å².